The molecule has 13 heavy (non-hydrogen) atoms. The Labute approximate surface area is 89.3 Å². The molecule has 0 unspecified atom stereocenters. The van der Waals surface area contributed by atoms with Crippen LogP contribution in [0.15, 0.2) is 22.7 Å². The lowest BCUT2D eigenvalue weighted by molar-refractivity contribution is -0.465. The van der Waals surface area contributed by atoms with Gasteiger partial charge < -0.3 is 5.21 Å². The molecule has 1 rings (SSSR count). The van der Waals surface area contributed by atoms with Crippen LogP contribution in [0, 0.1) is 10.7 Å². The van der Waals surface area contributed by atoms with Gasteiger partial charge in [0, 0.05) is 22.4 Å². The van der Waals surface area contributed by atoms with Crippen molar-refractivity contribution in [2.45, 2.75) is 5.75 Å². The van der Waals surface area contributed by atoms with E-state index in [0.29, 0.717) is 5.69 Å². The SMILES string of the molecule is CSCc1cc(Br)cc([N+](=N)[O-])c1. The average molecular weight is 261 g/mol. The van der Waals surface area contributed by atoms with E-state index in [2.05, 4.69) is 15.9 Å². The third-order valence-corrected chi connectivity index (χ3v) is 2.57. The van der Waals surface area contributed by atoms with Gasteiger partial charge in [-0.25, -0.2) is 0 Å². The van der Waals surface area contributed by atoms with Crippen LogP contribution in [0.3, 0.4) is 0 Å². The van der Waals surface area contributed by atoms with E-state index >= 15 is 0 Å². The minimum absolute atomic E-state index is 0.120. The molecule has 1 N–H and O–H groups in total. The van der Waals surface area contributed by atoms with Crippen LogP contribution in [0.25, 0.3) is 0 Å². The van der Waals surface area contributed by atoms with Gasteiger partial charge in [0.15, 0.2) is 0 Å². The lowest BCUT2D eigenvalue weighted by atomic mass is 10.2. The first-order valence-corrected chi connectivity index (χ1v) is 5.79. The predicted octanol–water partition coefficient (Wildman–Crippen LogP) is 3.48. The molecule has 1 aromatic carbocycles. The third-order valence-electron chi connectivity index (χ3n) is 1.49. The molecule has 70 valence electrons. The van der Waals surface area contributed by atoms with Crippen molar-refractivity contribution < 1.29 is 4.86 Å². The molecule has 0 amide bonds. The molecular weight excluding hydrogens is 252 g/mol. The second-order valence-electron chi connectivity index (χ2n) is 2.55. The third kappa shape index (κ3) is 3.00. The van der Waals surface area contributed by atoms with Crippen molar-refractivity contribution in [3.8, 4) is 0 Å². The fourth-order valence-corrected chi connectivity index (χ4v) is 2.03. The quantitative estimate of drug-likeness (QED) is 0.514. The van der Waals surface area contributed by atoms with Gasteiger partial charge in [-0.1, -0.05) is 20.8 Å². The van der Waals surface area contributed by atoms with Gasteiger partial charge in [-0.2, -0.15) is 11.8 Å². The molecule has 0 fully saturated rings. The van der Waals surface area contributed by atoms with Crippen LogP contribution in [0.1, 0.15) is 5.56 Å². The Kier molecular flexibility index (Phi) is 3.74. The van der Waals surface area contributed by atoms with Crippen molar-refractivity contribution in [3.63, 3.8) is 0 Å². The summed E-state index contributed by atoms with van der Waals surface area (Å²) in [6.45, 7) is 0. The number of hydrogen-bond acceptors (Lipinski definition) is 3. The van der Waals surface area contributed by atoms with Crippen LogP contribution in [0.4, 0.5) is 5.69 Å². The fourth-order valence-electron chi connectivity index (χ4n) is 1.00. The van der Waals surface area contributed by atoms with E-state index in [1.165, 1.54) is 0 Å². The molecule has 0 bridgehead atoms. The highest BCUT2D eigenvalue weighted by molar-refractivity contribution is 9.10. The van der Waals surface area contributed by atoms with Crippen molar-refractivity contribution in [1.29, 1.82) is 5.53 Å². The Morgan fingerprint density at radius 3 is 2.77 bits per heavy atom. The smallest absolute Gasteiger partial charge is 0.245 e. The van der Waals surface area contributed by atoms with Crippen LogP contribution in [-0.4, -0.2) is 11.1 Å². The summed E-state index contributed by atoms with van der Waals surface area (Å²) in [6.07, 6.45) is 2.00. The van der Waals surface area contributed by atoms with Crippen molar-refractivity contribution in [1.82, 2.24) is 0 Å². The second kappa shape index (κ2) is 4.62. The monoisotopic (exact) mass is 260 g/mol. The molecular formula is C8H9BrN2OS. The number of nitrogens with one attached hydrogen (secondary N) is 1. The van der Waals surface area contributed by atoms with Crippen LogP contribution >= 0.6 is 27.7 Å². The van der Waals surface area contributed by atoms with Crippen molar-refractivity contribution in [2.24, 2.45) is 0 Å². The van der Waals surface area contributed by atoms with Gasteiger partial charge in [0.05, 0.1) is 0 Å². The molecule has 0 aliphatic heterocycles. The van der Waals surface area contributed by atoms with Gasteiger partial charge in [-0.15, -0.1) is 0 Å². The zero-order valence-electron chi connectivity index (χ0n) is 7.08. The van der Waals surface area contributed by atoms with Crippen LogP contribution in [0.2, 0.25) is 0 Å². The standard InChI is InChI=1S/C8H9BrN2OS/c1-13-5-6-2-7(9)4-8(3-6)11(10)12/h2-4,10H,5H2,1H3. The summed E-state index contributed by atoms with van der Waals surface area (Å²) in [5.41, 5.74) is 8.30. The largest absolute Gasteiger partial charge is 0.594 e. The highest BCUT2D eigenvalue weighted by Crippen LogP contribution is 2.23. The van der Waals surface area contributed by atoms with Gasteiger partial charge in [-0.3, -0.25) is 0 Å². The Morgan fingerprint density at radius 1 is 1.54 bits per heavy atom. The summed E-state index contributed by atoms with van der Waals surface area (Å²) < 4.78 is 0.835. The van der Waals surface area contributed by atoms with E-state index in [-0.39, 0.29) is 4.86 Å². The zero-order valence-corrected chi connectivity index (χ0v) is 9.48. The van der Waals surface area contributed by atoms with Gasteiger partial charge in [0.25, 0.3) is 0 Å². The first kappa shape index (κ1) is 10.5. The van der Waals surface area contributed by atoms with E-state index in [4.69, 9.17) is 5.53 Å². The molecule has 5 heteroatoms. The Bertz CT molecular complexity index is 330. The second-order valence-corrected chi connectivity index (χ2v) is 4.33. The molecule has 3 nitrogen and oxygen atoms in total. The molecule has 0 saturated heterocycles. The first-order valence-electron chi connectivity index (χ1n) is 3.60. The van der Waals surface area contributed by atoms with Gasteiger partial charge in [0.2, 0.25) is 5.69 Å². The number of thioether (sulfide) groups is 1. The lowest BCUT2D eigenvalue weighted by Crippen LogP contribution is -1.89. The molecule has 0 radical (unpaired) electrons. The van der Waals surface area contributed by atoms with Crippen molar-refractivity contribution >= 4 is 33.4 Å². The summed E-state index contributed by atoms with van der Waals surface area (Å²) in [6, 6.07) is 5.30. The number of hydrogen-bond donors (Lipinski definition) is 1. The van der Waals surface area contributed by atoms with Gasteiger partial charge in [-0.05, 0) is 23.4 Å². The molecule has 0 saturated carbocycles. The van der Waals surface area contributed by atoms with Crippen LogP contribution in [0.5, 0.6) is 0 Å². The fraction of sp³-hybridized carbons (Fsp3) is 0.250. The van der Waals surface area contributed by atoms with Crippen molar-refractivity contribution in [2.75, 3.05) is 6.26 Å². The maximum atomic E-state index is 10.7. The number of benzene rings is 1. The maximum Gasteiger partial charge on any atom is 0.245 e. The topological polar surface area (TPSA) is 49.9 Å². The average Bonchev–Trinajstić information content (AvgIpc) is 2.03. The summed E-state index contributed by atoms with van der Waals surface area (Å²) in [7, 11) is 0. The highest BCUT2D eigenvalue weighted by Gasteiger charge is 2.05. The number of nitrogens with zero attached hydrogens (tertiary/aromatic N) is 1. The Balaban J connectivity index is 3.03. The zero-order chi connectivity index (χ0) is 9.84. The minimum Gasteiger partial charge on any atom is -0.594 e. The molecule has 1 aromatic rings. The lowest BCUT2D eigenvalue weighted by Gasteiger charge is -2.02. The summed E-state index contributed by atoms with van der Waals surface area (Å²) in [5, 5.41) is 10.7. The predicted molar refractivity (Wildman–Crippen MR) is 57.4 cm³/mol. The van der Waals surface area contributed by atoms with Gasteiger partial charge in [0.1, 0.15) is 0 Å². The number of halogens is 1. The van der Waals surface area contributed by atoms with E-state index in [9.17, 15) is 5.21 Å². The van der Waals surface area contributed by atoms with Gasteiger partial charge >= 0.3 is 0 Å². The van der Waals surface area contributed by atoms with E-state index in [1.807, 2.05) is 12.3 Å². The van der Waals surface area contributed by atoms with Crippen LogP contribution < -0.4 is 0 Å². The van der Waals surface area contributed by atoms with E-state index < -0.39 is 0 Å². The number of rotatable bonds is 3. The van der Waals surface area contributed by atoms with E-state index in [1.54, 1.807) is 23.9 Å². The summed E-state index contributed by atoms with van der Waals surface area (Å²) in [4.78, 5) is 0.120. The van der Waals surface area contributed by atoms with Crippen LogP contribution in [-0.2, 0) is 5.75 Å². The molecule has 0 heterocycles. The molecule has 0 aliphatic rings. The maximum absolute atomic E-state index is 10.7. The highest BCUT2D eigenvalue weighted by atomic mass is 79.9. The molecule has 0 aliphatic carbocycles. The molecule has 0 atom stereocenters. The normalized spacial score (nSPS) is 10.0. The summed E-state index contributed by atoms with van der Waals surface area (Å²) in [5.74, 6) is 0.847. The minimum atomic E-state index is 0.120. The Hall–Kier alpha value is -0.550. The molecule has 0 spiro atoms. The molecule has 0 aromatic heterocycles. The summed E-state index contributed by atoms with van der Waals surface area (Å²) >= 11 is 4.97. The van der Waals surface area contributed by atoms with E-state index in [0.717, 1.165) is 15.8 Å². The Morgan fingerprint density at radius 2 is 2.23 bits per heavy atom. The first-order chi connectivity index (χ1) is 6.13. The van der Waals surface area contributed by atoms with Crippen molar-refractivity contribution in [3.05, 3.63) is 33.4 Å².